The molecule has 0 saturated heterocycles. The van der Waals surface area contributed by atoms with Gasteiger partial charge in [0.05, 0.1) is 16.6 Å². The molecule has 1 atom stereocenters. The van der Waals surface area contributed by atoms with E-state index < -0.39 is 17.9 Å². The number of aromatic carboxylic acids is 1. The maximum atomic E-state index is 13.8. The predicted molar refractivity (Wildman–Crippen MR) is 122 cm³/mol. The minimum absolute atomic E-state index is 0.0489. The van der Waals surface area contributed by atoms with Gasteiger partial charge >= 0.3 is 5.97 Å². The predicted octanol–water partition coefficient (Wildman–Crippen LogP) is 3.97. The molecule has 0 spiro atoms. The Morgan fingerprint density at radius 2 is 2.03 bits per heavy atom. The van der Waals surface area contributed by atoms with Crippen molar-refractivity contribution in [1.29, 1.82) is 0 Å². The van der Waals surface area contributed by atoms with E-state index in [9.17, 15) is 14.3 Å². The summed E-state index contributed by atoms with van der Waals surface area (Å²) >= 11 is 0. The Bertz CT molecular complexity index is 1350. The maximum absolute atomic E-state index is 13.8. The first-order valence-electron chi connectivity index (χ1n) is 10.2. The Kier molecular flexibility index (Phi) is 6.14. The molecule has 1 aromatic carbocycles. The summed E-state index contributed by atoms with van der Waals surface area (Å²) in [6, 6.07) is 8.86. The highest BCUT2D eigenvalue weighted by Gasteiger charge is 2.20. The number of nitrogens with two attached hydrogens (primary N) is 1. The zero-order chi connectivity index (χ0) is 23.5. The standard InChI is InChI=1S/C24H22FN5O3/c1-13(18-9-16(25)5-6-17(18)24(31)32)33-20-8-14(11-30-23(20)26)21-15(10-27-2)12-29-19-4-3-7-28-22(19)21/h3-9,11-13,27H,10H2,1-2H3,(H2,26,30)(H,31,32). The smallest absolute Gasteiger partial charge is 0.336 e. The van der Waals surface area contributed by atoms with Crippen LogP contribution in [0.15, 0.2) is 55.0 Å². The summed E-state index contributed by atoms with van der Waals surface area (Å²) < 4.78 is 19.8. The molecular weight excluding hydrogens is 425 g/mol. The first-order valence-corrected chi connectivity index (χ1v) is 10.2. The maximum Gasteiger partial charge on any atom is 0.336 e. The molecule has 4 rings (SSSR count). The van der Waals surface area contributed by atoms with Gasteiger partial charge in [0.25, 0.3) is 0 Å². The molecule has 0 fully saturated rings. The number of nitrogens with zero attached hydrogens (tertiary/aromatic N) is 3. The van der Waals surface area contributed by atoms with Gasteiger partial charge in [-0.3, -0.25) is 9.97 Å². The highest BCUT2D eigenvalue weighted by molar-refractivity contribution is 5.93. The molecule has 0 amide bonds. The van der Waals surface area contributed by atoms with Gasteiger partial charge in [-0.05, 0) is 55.9 Å². The minimum Gasteiger partial charge on any atom is -0.482 e. The number of benzene rings is 1. The number of carbonyl (C=O) groups is 1. The third-order valence-corrected chi connectivity index (χ3v) is 5.23. The zero-order valence-corrected chi connectivity index (χ0v) is 18.0. The first kappa shape index (κ1) is 22.1. The van der Waals surface area contributed by atoms with Crippen LogP contribution >= 0.6 is 0 Å². The second-order valence-electron chi connectivity index (χ2n) is 7.46. The Morgan fingerprint density at radius 1 is 1.21 bits per heavy atom. The number of fused-ring (bicyclic) bond motifs is 1. The van der Waals surface area contributed by atoms with E-state index in [0.29, 0.717) is 17.6 Å². The SMILES string of the molecule is CNCc1cnc2cccnc2c1-c1cnc(N)c(OC(C)c2cc(F)ccc2C(=O)O)c1. The van der Waals surface area contributed by atoms with Gasteiger partial charge in [-0.2, -0.15) is 0 Å². The Morgan fingerprint density at radius 3 is 2.79 bits per heavy atom. The molecule has 0 aliphatic heterocycles. The molecule has 4 aromatic rings. The second-order valence-corrected chi connectivity index (χ2v) is 7.46. The van der Waals surface area contributed by atoms with Crippen LogP contribution in [0.1, 0.15) is 34.5 Å². The van der Waals surface area contributed by atoms with Crippen LogP contribution in [0.3, 0.4) is 0 Å². The van der Waals surface area contributed by atoms with E-state index >= 15 is 0 Å². The summed E-state index contributed by atoms with van der Waals surface area (Å²) in [5, 5.41) is 12.6. The number of carboxylic acid groups (broad SMARTS) is 1. The van der Waals surface area contributed by atoms with Crippen LogP contribution in [0.5, 0.6) is 5.75 Å². The van der Waals surface area contributed by atoms with E-state index in [1.54, 1.807) is 31.6 Å². The number of ether oxygens (including phenoxy) is 1. The average molecular weight is 447 g/mol. The molecule has 168 valence electrons. The van der Waals surface area contributed by atoms with Gasteiger partial charge in [-0.15, -0.1) is 0 Å². The molecule has 0 saturated carbocycles. The van der Waals surface area contributed by atoms with Crippen LogP contribution in [0, 0.1) is 5.82 Å². The highest BCUT2D eigenvalue weighted by atomic mass is 19.1. The molecule has 8 nitrogen and oxygen atoms in total. The lowest BCUT2D eigenvalue weighted by molar-refractivity contribution is 0.0691. The minimum atomic E-state index is -1.17. The van der Waals surface area contributed by atoms with Crippen LogP contribution in [0.2, 0.25) is 0 Å². The molecule has 3 aromatic heterocycles. The molecule has 9 heteroatoms. The number of anilines is 1. The van der Waals surface area contributed by atoms with Crippen molar-refractivity contribution >= 4 is 22.8 Å². The van der Waals surface area contributed by atoms with Crippen molar-refractivity contribution in [1.82, 2.24) is 20.3 Å². The number of pyridine rings is 3. The molecule has 0 aliphatic carbocycles. The summed E-state index contributed by atoms with van der Waals surface area (Å²) in [6.07, 6.45) is 4.30. The third-order valence-electron chi connectivity index (χ3n) is 5.23. The monoisotopic (exact) mass is 447 g/mol. The fraction of sp³-hybridized carbons (Fsp3) is 0.167. The Labute approximate surface area is 189 Å². The fourth-order valence-corrected chi connectivity index (χ4v) is 3.71. The lowest BCUT2D eigenvalue weighted by Crippen LogP contribution is -2.12. The largest absolute Gasteiger partial charge is 0.482 e. The van der Waals surface area contributed by atoms with Crippen molar-refractivity contribution in [3.63, 3.8) is 0 Å². The van der Waals surface area contributed by atoms with Gasteiger partial charge in [0.1, 0.15) is 11.9 Å². The zero-order valence-electron chi connectivity index (χ0n) is 18.0. The van der Waals surface area contributed by atoms with E-state index in [1.807, 2.05) is 19.2 Å². The average Bonchev–Trinajstić information content (AvgIpc) is 2.80. The number of carboxylic acids is 1. The van der Waals surface area contributed by atoms with Crippen LogP contribution in [0.25, 0.3) is 22.2 Å². The molecule has 4 N–H and O–H groups in total. The molecule has 0 bridgehead atoms. The number of halogens is 1. The van der Waals surface area contributed by atoms with Crippen molar-refractivity contribution in [2.75, 3.05) is 12.8 Å². The molecule has 1 unspecified atom stereocenters. The fourth-order valence-electron chi connectivity index (χ4n) is 3.71. The van der Waals surface area contributed by atoms with Crippen LogP contribution in [-0.4, -0.2) is 33.1 Å². The highest BCUT2D eigenvalue weighted by Crippen LogP contribution is 2.35. The third kappa shape index (κ3) is 4.44. The molecule has 0 aliphatic rings. The van der Waals surface area contributed by atoms with Crippen molar-refractivity contribution in [2.45, 2.75) is 19.6 Å². The number of nitrogens with one attached hydrogen (secondary N) is 1. The summed E-state index contributed by atoms with van der Waals surface area (Å²) in [4.78, 5) is 24.8. The summed E-state index contributed by atoms with van der Waals surface area (Å²) in [5.41, 5.74) is 10.1. The first-order chi connectivity index (χ1) is 15.9. The van der Waals surface area contributed by atoms with Crippen LogP contribution in [-0.2, 0) is 6.54 Å². The Balaban J connectivity index is 1.79. The number of nitrogen functional groups attached to an aromatic ring is 1. The van der Waals surface area contributed by atoms with Gasteiger partial charge < -0.3 is 20.9 Å². The lowest BCUT2D eigenvalue weighted by Gasteiger charge is -2.19. The van der Waals surface area contributed by atoms with Crippen molar-refractivity contribution in [2.24, 2.45) is 0 Å². The van der Waals surface area contributed by atoms with Crippen LogP contribution in [0.4, 0.5) is 10.2 Å². The van der Waals surface area contributed by atoms with E-state index in [0.717, 1.165) is 28.8 Å². The quantitative estimate of drug-likeness (QED) is 0.389. The van der Waals surface area contributed by atoms with Gasteiger partial charge in [0.2, 0.25) is 0 Å². The second kappa shape index (κ2) is 9.17. The van der Waals surface area contributed by atoms with E-state index in [-0.39, 0.29) is 22.7 Å². The van der Waals surface area contributed by atoms with E-state index in [4.69, 9.17) is 10.5 Å². The van der Waals surface area contributed by atoms with E-state index in [1.165, 1.54) is 6.07 Å². The Hall–Kier alpha value is -4.11. The van der Waals surface area contributed by atoms with Gasteiger partial charge in [0.15, 0.2) is 11.6 Å². The summed E-state index contributed by atoms with van der Waals surface area (Å²) in [7, 11) is 1.84. The molecule has 0 radical (unpaired) electrons. The van der Waals surface area contributed by atoms with Gasteiger partial charge in [-0.1, -0.05) is 0 Å². The molecule has 3 heterocycles. The van der Waals surface area contributed by atoms with E-state index in [2.05, 4.69) is 20.3 Å². The number of aromatic nitrogens is 3. The molecular formula is C24H22FN5O3. The van der Waals surface area contributed by atoms with Gasteiger partial charge in [0, 0.05) is 41.8 Å². The number of rotatable bonds is 7. The lowest BCUT2D eigenvalue weighted by atomic mass is 10.00. The molecule has 33 heavy (non-hydrogen) atoms. The van der Waals surface area contributed by atoms with Gasteiger partial charge in [-0.25, -0.2) is 14.2 Å². The topological polar surface area (TPSA) is 123 Å². The van der Waals surface area contributed by atoms with Crippen molar-refractivity contribution < 1.29 is 19.0 Å². The van der Waals surface area contributed by atoms with Crippen LogP contribution < -0.4 is 15.8 Å². The number of hydrogen-bond donors (Lipinski definition) is 3. The van der Waals surface area contributed by atoms with Crippen molar-refractivity contribution in [3.8, 4) is 16.9 Å². The van der Waals surface area contributed by atoms with Crippen molar-refractivity contribution in [3.05, 3.63) is 77.5 Å². The summed E-state index contributed by atoms with van der Waals surface area (Å²) in [6.45, 7) is 2.18. The summed E-state index contributed by atoms with van der Waals surface area (Å²) in [5.74, 6) is -1.36. The number of hydrogen-bond acceptors (Lipinski definition) is 7. The normalized spacial score (nSPS) is 12.0.